The van der Waals surface area contributed by atoms with Crippen molar-refractivity contribution in [2.45, 2.75) is 6.04 Å². The van der Waals surface area contributed by atoms with Crippen LogP contribution in [-0.4, -0.2) is 27.9 Å². The molecule has 6 heteroatoms. The monoisotopic (exact) mass is 275 g/mol. The van der Waals surface area contributed by atoms with Crippen LogP contribution in [0.15, 0.2) is 16.6 Å². The van der Waals surface area contributed by atoms with E-state index in [4.69, 9.17) is 15.9 Å². The number of rotatable bonds is 3. The number of nitrogens with two attached hydrogens (primary N) is 1. The van der Waals surface area contributed by atoms with Crippen molar-refractivity contribution in [1.29, 1.82) is 0 Å². The first-order valence-corrected chi connectivity index (χ1v) is 4.88. The summed E-state index contributed by atoms with van der Waals surface area (Å²) in [4.78, 5) is 10.7. The molecule has 82 valence electrons. The van der Waals surface area contributed by atoms with Crippen molar-refractivity contribution < 1.29 is 20.1 Å². The molecule has 0 bridgehead atoms. The highest BCUT2D eigenvalue weighted by Crippen LogP contribution is 2.32. The Morgan fingerprint density at radius 3 is 2.60 bits per heavy atom. The molecule has 1 aromatic carbocycles. The van der Waals surface area contributed by atoms with Crippen LogP contribution in [-0.2, 0) is 0 Å². The first-order valence-electron chi connectivity index (χ1n) is 4.09. The Bertz CT molecular complexity index is 394. The predicted octanol–water partition coefficient (Wildman–Crippen LogP) is 0.845. The molecule has 0 aliphatic heterocycles. The number of benzene rings is 1. The highest BCUT2D eigenvalue weighted by molar-refractivity contribution is 9.10. The minimum absolute atomic E-state index is 0.00132. The van der Waals surface area contributed by atoms with E-state index in [1.165, 1.54) is 12.1 Å². The molecule has 0 heterocycles. The second-order valence-corrected chi connectivity index (χ2v) is 3.84. The molecular weight excluding hydrogens is 266 g/mol. The Balaban J connectivity index is 3.31. The molecule has 0 unspecified atom stereocenters. The van der Waals surface area contributed by atoms with Crippen LogP contribution in [0.5, 0.6) is 5.75 Å². The Hall–Kier alpha value is -1.11. The van der Waals surface area contributed by atoms with E-state index in [0.717, 1.165) is 0 Å². The minimum atomic E-state index is -1.12. The summed E-state index contributed by atoms with van der Waals surface area (Å²) in [6, 6.07) is 1.70. The molecule has 0 amide bonds. The van der Waals surface area contributed by atoms with Crippen LogP contribution in [0.4, 0.5) is 0 Å². The number of aromatic hydroxyl groups is 1. The van der Waals surface area contributed by atoms with Crippen LogP contribution in [0.1, 0.15) is 22.0 Å². The molecule has 0 spiro atoms. The molecule has 0 saturated heterocycles. The highest BCUT2D eigenvalue weighted by Gasteiger charge is 2.16. The first-order chi connectivity index (χ1) is 6.97. The topological polar surface area (TPSA) is 104 Å². The summed E-state index contributed by atoms with van der Waals surface area (Å²) in [5.41, 5.74) is 5.71. The van der Waals surface area contributed by atoms with Gasteiger partial charge in [-0.05, 0) is 28.1 Å². The zero-order valence-electron chi connectivity index (χ0n) is 7.64. The molecule has 1 aromatic rings. The molecule has 1 rings (SSSR count). The van der Waals surface area contributed by atoms with Gasteiger partial charge in [-0.25, -0.2) is 4.79 Å². The van der Waals surface area contributed by atoms with Gasteiger partial charge in [-0.3, -0.25) is 0 Å². The van der Waals surface area contributed by atoms with Crippen LogP contribution in [0.25, 0.3) is 0 Å². The van der Waals surface area contributed by atoms with Gasteiger partial charge in [0.15, 0.2) is 0 Å². The van der Waals surface area contributed by atoms with Crippen LogP contribution in [0.3, 0.4) is 0 Å². The summed E-state index contributed by atoms with van der Waals surface area (Å²) in [5, 5.41) is 27.2. The van der Waals surface area contributed by atoms with Gasteiger partial charge in [0.2, 0.25) is 0 Å². The zero-order chi connectivity index (χ0) is 11.6. The Labute approximate surface area is 94.3 Å². The largest absolute Gasteiger partial charge is 0.506 e. The molecule has 5 N–H and O–H groups in total. The molecular formula is C9H10BrNO4. The lowest BCUT2D eigenvalue weighted by Gasteiger charge is -2.12. The summed E-state index contributed by atoms with van der Waals surface area (Å²) in [6.45, 7) is -0.372. The molecule has 0 fully saturated rings. The normalized spacial score (nSPS) is 12.5. The van der Waals surface area contributed by atoms with Crippen LogP contribution in [0, 0.1) is 0 Å². The fraction of sp³-hybridized carbons (Fsp3) is 0.222. The number of aliphatic hydroxyl groups excluding tert-OH is 1. The number of phenols is 1. The van der Waals surface area contributed by atoms with Crippen molar-refractivity contribution in [3.05, 3.63) is 27.7 Å². The van der Waals surface area contributed by atoms with E-state index in [-0.39, 0.29) is 28.0 Å². The molecule has 0 radical (unpaired) electrons. The second-order valence-electron chi connectivity index (χ2n) is 2.99. The van der Waals surface area contributed by atoms with Gasteiger partial charge < -0.3 is 21.1 Å². The lowest BCUT2D eigenvalue weighted by molar-refractivity contribution is 0.0696. The molecule has 5 nitrogen and oxygen atoms in total. The van der Waals surface area contributed by atoms with Crippen LogP contribution in [0.2, 0.25) is 0 Å². The smallest absolute Gasteiger partial charge is 0.335 e. The van der Waals surface area contributed by atoms with Gasteiger partial charge in [-0.1, -0.05) is 0 Å². The Morgan fingerprint density at radius 2 is 2.13 bits per heavy atom. The third-order valence-corrected chi connectivity index (χ3v) is 2.54. The molecule has 0 aliphatic rings. The number of phenolic OH excluding ortho intramolecular Hbond substituents is 1. The van der Waals surface area contributed by atoms with E-state index >= 15 is 0 Å². The van der Waals surface area contributed by atoms with E-state index in [1.54, 1.807) is 0 Å². The number of halogens is 1. The number of carboxylic acid groups (broad SMARTS) is 1. The van der Waals surface area contributed by atoms with Gasteiger partial charge >= 0.3 is 5.97 Å². The van der Waals surface area contributed by atoms with E-state index in [9.17, 15) is 9.90 Å². The van der Waals surface area contributed by atoms with E-state index in [2.05, 4.69) is 15.9 Å². The number of carbonyl (C=O) groups is 1. The maximum absolute atomic E-state index is 10.7. The van der Waals surface area contributed by atoms with Crippen LogP contribution >= 0.6 is 15.9 Å². The van der Waals surface area contributed by atoms with Crippen molar-refractivity contribution in [3.63, 3.8) is 0 Å². The molecule has 1 atom stereocenters. The van der Waals surface area contributed by atoms with Gasteiger partial charge in [-0.15, -0.1) is 0 Å². The summed E-state index contributed by atoms with van der Waals surface area (Å²) in [6.07, 6.45) is 0. The lowest BCUT2D eigenvalue weighted by atomic mass is 10.0. The van der Waals surface area contributed by atoms with Crippen molar-refractivity contribution in [3.8, 4) is 5.75 Å². The predicted molar refractivity (Wildman–Crippen MR) is 56.8 cm³/mol. The maximum Gasteiger partial charge on any atom is 0.335 e. The van der Waals surface area contributed by atoms with E-state index < -0.39 is 12.0 Å². The minimum Gasteiger partial charge on any atom is -0.506 e. The van der Waals surface area contributed by atoms with Crippen LogP contribution < -0.4 is 5.73 Å². The third-order valence-electron chi connectivity index (χ3n) is 1.94. The van der Waals surface area contributed by atoms with E-state index in [0.29, 0.717) is 0 Å². The number of hydrogen-bond acceptors (Lipinski definition) is 4. The number of hydrogen-bond donors (Lipinski definition) is 4. The standard InChI is InChI=1S/C9H10BrNO4/c10-6-2-4(9(14)15)1-5(8(6)13)7(11)3-12/h1-2,7,12-13H,3,11H2,(H,14,15)/t7-/m1/s1. The average molecular weight is 276 g/mol. The summed E-state index contributed by atoms with van der Waals surface area (Å²) in [5.74, 6) is -1.27. The molecule has 0 aromatic heterocycles. The quantitative estimate of drug-likeness (QED) is 0.655. The van der Waals surface area contributed by atoms with Gasteiger partial charge in [0.05, 0.1) is 22.7 Å². The van der Waals surface area contributed by atoms with E-state index in [1.807, 2.05) is 0 Å². The number of carboxylic acids is 1. The Morgan fingerprint density at radius 1 is 1.53 bits per heavy atom. The highest BCUT2D eigenvalue weighted by atomic mass is 79.9. The number of aliphatic hydroxyl groups is 1. The summed E-state index contributed by atoms with van der Waals surface area (Å²) < 4.78 is 0.237. The summed E-state index contributed by atoms with van der Waals surface area (Å²) in [7, 11) is 0. The van der Waals surface area contributed by atoms with Crippen molar-refractivity contribution in [2.75, 3.05) is 6.61 Å². The molecule has 0 saturated carbocycles. The first kappa shape index (κ1) is 12.0. The second kappa shape index (κ2) is 4.61. The molecule has 0 aliphatic carbocycles. The lowest BCUT2D eigenvalue weighted by Crippen LogP contribution is -2.15. The van der Waals surface area contributed by atoms with Gasteiger partial charge in [0.25, 0.3) is 0 Å². The number of aromatic carboxylic acids is 1. The van der Waals surface area contributed by atoms with Gasteiger partial charge in [-0.2, -0.15) is 0 Å². The zero-order valence-corrected chi connectivity index (χ0v) is 9.23. The van der Waals surface area contributed by atoms with Crippen molar-refractivity contribution >= 4 is 21.9 Å². The van der Waals surface area contributed by atoms with Crippen molar-refractivity contribution in [2.24, 2.45) is 5.73 Å². The average Bonchev–Trinajstić information content (AvgIpc) is 2.20. The van der Waals surface area contributed by atoms with Gasteiger partial charge in [0, 0.05) is 5.56 Å². The third kappa shape index (κ3) is 2.47. The van der Waals surface area contributed by atoms with Crippen molar-refractivity contribution in [1.82, 2.24) is 0 Å². The summed E-state index contributed by atoms with van der Waals surface area (Å²) >= 11 is 3.01. The Kier molecular flexibility index (Phi) is 3.67. The van der Waals surface area contributed by atoms with Gasteiger partial charge in [0.1, 0.15) is 5.75 Å². The fourth-order valence-electron chi connectivity index (χ4n) is 1.12. The maximum atomic E-state index is 10.7. The fourth-order valence-corrected chi connectivity index (χ4v) is 1.60. The molecule has 15 heavy (non-hydrogen) atoms. The SMILES string of the molecule is N[C@H](CO)c1cc(C(=O)O)cc(Br)c1O.